The Morgan fingerprint density at radius 2 is 2.18 bits per heavy atom. The zero-order valence-corrected chi connectivity index (χ0v) is 12.6. The van der Waals surface area contributed by atoms with Gasteiger partial charge in [-0.3, -0.25) is 0 Å². The lowest BCUT2D eigenvalue weighted by Crippen LogP contribution is -2.41. The number of hydrogen-bond donors (Lipinski definition) is 1. The second-order valence-electron chi connectivity index (χ2n) is 5.92. The SMILES string of the molecule is C=C(N[C@H](C)C(F)(F)F)c1ccc2c(n1)N(C)[C@H]1CCN2C1. The Hall–Kier alpha value is -1.92. The highest BCUT2D eigenvalue weighted by Gasteiger charge is 2.37. The summed E-state index contributed by atoms with van der Waals surface area (Å²) < 4.78 is 37.9. The van der Waals surface area contributed by atoms with E-state index in [4.69, 9.17) is 0 Å². The zero-order chi connectivity index (χ0) is 16.1. The summed E-state index contributed by atoms with van der Waals surface area (Å²) in [6, 6.07) is 2.41. The Morgan fingerprint density at radius 3 is 2.86 bits per heavy atom. The number of likely N-dealkylation sites (N-methyl/N-ethyl adjacent to an activating group) is 1. The molecule has 1 aromatic rings. The van der Waals surface area contributed by atoms with Gasteiger partial charge in [-0.25, -0.2) is 4.98 Å². The minimum absolute atomic E-state index is 0.189. The summed E-state index contributed by atoms with van der Waals surface area (Å²) in [5.74, 6) is 0.814. The second-order valence-corrected chi connectivity index (χ2v) is 5.92. The highest BCUT2D eigenvalue weighted by Crippen LogP contribution is 2.38. The van der Waals surface area contributed by atoms with E-state index in [0.29, 0.717) is 11.7 Å². The number of halogens is 3. The van der Waals surface area contributed by atoms with Crippen LogP contribution in [0.4, 0.5) is 24.7 Å². The van der Waals surface area contributed by atoms with Gasteiger partial charge in [0.05, 0.1) is 17.1 Å². The maximum Gasteiger partial charge on any atom is 0.408 e. The van der Waals surface area contributed by atoms with Crippen molar-refractivity contribution in [1.82, 2.24) is 10.3 Å². The molecule has 3 heterocycles. The number of aromatic nitrogens is 1. The molecular formula is C15H19F3N4. The fraction of sp³-hybridized carbons (Fsp3) is 0.533. The number of alkyl halides is 3. The van der Waals surface area contributed by atoms with Gasteiger partial charge in [-0.1, -0.05) is 6.58 Å². The van der Waals surface area contributed by atoms with E-state index in [1.165, 1.54) is 0 Å². The van der Waals surface area contributed by atoms with Crippen LogP contribution in [0.1, 0.15) is 19.0 Å². The Kier molecular flexibility index (Phi) is 3.45. The van der Waals surface area contributed by atoms with Crippen molar-refractivity contribution in [3.63, 3.8) is 0 Å². The topological polar surface area (TPSA) is 31.4 Å². The molecule has 4 nitrogen and oxygen atoms in total. The maximum atomic E-state index is 12.6. The molecule has 0 aliphatic carbocycles. The average molecular weight is 312 g/mol. The van der Waals surface area contributed by atoms with Crippen molar-refractivity contribution >= 4 is 17.2 Å². The Labute approximate surface area is 127 Å². The Morgan fingerprint density at radius 1 is 1.45 bits per heavy atom. The summed E-state index contributed by atoms with van der Waals surface area (Å²) in [4.78, 5) is 8.91. The van der Waals surface area contributed by atoms with Crippen molar-refractivity contribution in [2.45, 2.75) is 31.6 Å². The molecular weight excluding hydrogens is 293 g/mol. The molecule has 2 aliphatic heterocycles. The van der Waals surface area contributed by atoms with Crippen molar-refractivity contribution in [3.8, 4) is 0 Å². The quantitative estimate of drug-likeness (QED) is 0.930. The van der Waals surface area contributed by atoms with Crippen molar-refractivity contribution in [2.24, 2.45) is 0 Å². The minimum Gasteiger partial charge on any atom is -0.373 e. The third kappa shape index (κ3) is 2.48. The first-order chi connectivity index (χ1) is 10.3. The predicted molar refractivity (Wildman–Crippen MR) is 80.9 cm³/mol. The van der Waals surface area contributed by atoms with E-state index in [1.807, 2.05) is 13.1 Å². The van der Waals surface area contributed by atoms with Crippen LogP contribution in [-0.2, 0) is 0 Å². The molecule has 0 radical (unpaired) electrons. The molecule has 22 heavy (non-hydrogen) atoms. The number of nitrogens with one attached hydrogen (secondary N) is 1. The molecule has 0 aromatic carbocycles. The second kappa shape index (κ2) is 5.07. The number of fused-ring (bicyclic) bond motifs is 4. The van der Waals surface area contributed by atoms with Gasteiger partial charge >= 0.3 is 6.18 Å². The third-order valence-electron chi connectivity index (χ3n) is 4.43. The Bertz CT molecular complexity index is 599. The number of rotatable bonds is 3. The summed E-state index contributed by atoms with van der Waals surface area (Å²) in [7, 11) is 1.98. The summed E-state index contributed by atoms with van der Waals surface area (Å²) in [5.41, 5.74) is 1.68. The summed E-state index contributed by atoms with van der Waals surface area (Å²) in [6.07, 6.45) is -3.23. The molecule has 0 spiro atoms. The van der Waals surface area contributed by atoms with Gasteiger partial charge in [0, 0.05) is 26.2 Å². The smallest absolute Gasteiger partial charge is 0.373 e. The highest BCUT2D eigenvalue weighted by molar-refractivity contribution is 5.74. The average Bonchev–Trinajstić information content (AvgIpc) is 2.89. The van der Waals surface area contributed by atoms with Crippen LogP contribution in [0.5, 0.6) is 0 Å². The van der Waals surface area contributed by atoms with Crippen LogP contribution in [0, 0.1) is 0 Å². The van der Waals surface area contributed by atoms with Crippen LogP contribution in [0.2, 0.25) is 0 Å². The lowest BCUT2D eigenvalue weighted by atomic mass is 10.1. The third-order valence-corrected chi connectivity index (χ3v) is 4.43. The molecule has 2 aliphatic rings. The number of anilines is 2. The summed E-state index contributed by atoms with van der Waals surface area (Å²) in [6.45, 7) is 6.75. The Balaban J connectivity index is 1.84. The lowest BCUT2D eigenvalue weighted by Gasteiger charge is -2.35. The normalized spacial score (nSPS) is 21.6. The van der Waals surface area contributed by atoms with Gasteiger partial charge in [-0.15, -0.1) is 0 Å². The molecule has 7 heteroatoms. The molecule has 1 fully saturated rings. The number of nitrogens with zero attached hydrogens (tertiary/aromatic N) is 3. The maximum absolute atomic E-state index is 12.6. The van der Waals surface area contributed by atoms with Gasteiger partial charge in [-0.05, 0) is 25.5 Å². The molecule has 120 valence electrons. The molecule has 3 rings (SSSR count). The van der Waals surface area contributed by atoms with E-state index < -0.39 is 12.2 Å². The first kappa shape index (κ1) is 15.0. The molecule has 0 saturated carbocycles. The van der Waals surface area contributed by atoms with E-state index in [2.05, 4.69) is 26.7 Å². The molecule has 0 amide bonds. The van der Waals surface area contributed by atoms with E-state index >= 15 is 0 Å². The molecule has 1 N–H and O–H groups in total. The van der Waals surface area contributed by atoms with Gasteiger partial charge < -0.3 is 15.1 Å². The minimum atomic E-state index is -4.31. The van der Waals surface area contributed by atoms with E-state index in [0.717, 1.165) is 37.9 Å². The van der Waals surface area contributed by atoms with Gasteiger partial charge in [0.1, 0.15) is 6.04 Å². The first-order valence-electron chi connectivity index (χ1n) is 7.28. The molecule has 0 unspecified atom stereocenters. The molecule has 2 atom stereocenters. The van der Waals surface area contributed by atoms with Crippen LogP contribution in [0.15, 0.2) is 18.7 Å². The van der Waals surface area contributed by atoms with Crippen molar-refractivity contribution in [3.05, 3.63) is 24.4 Å². The standard InChI is InChI=1S/C15H19F3N4/c1-9(19-10(2)15(16,17)18)12-4-5-13-14(20-12)21(3)11-6-7-22(13)8-11/h4-5,10-11,19H,1,6-8H2,2-3H3/t10-,11+/m1/s1. The van der Waals surface area contributed by atoms with Gasteiger partial charge in [0.15, 0.2) is 5.82 Å². The van der Waals surface area contributed by atoms with E-state index in [9.17, 15) is 13.2 Å². The molecule has 1 aromatic heterocycles. The fourth-order valence-electron chi connectivity index (χ4n) is 2.98. The van der Waals surface area contributed by atoms with Crippen molar-refractivity contribution in [1.29, 1.82) is 0 Å². The summed E-state index contributed by atoms with van der Waals surface area (Å²) >= 11 is 0. The van der Waals surface area contributed by atoms with Crippen LogP contribution in [0.3, 0.4) is 0 Å². The van der Waals surface area contributed by atoms with Crippen molar-refractivity contribution in [2.75, 3.05) is 29.9 Å². The molecule has 2 bridgehead atoms. The number of hydrogen-bond acceptors (Lipinski definition) is 4. The number of pyridine rings is 1. The van der Waals surface area contributed by atoms with Gasteiger partial charge in [-0.2, -0.15) is 13.2 Å². The summed E-state index contributed by atoms with van der Waals surface area (Å²) in [5, 5.41) is 2.38. The van der Waals surface area contributed by atoms with Crippen LogP contribution in [-0.4, -0.2) is 43.4 Å². The van der Waals surface area contributed by atoms with Crippen LogP contribution >= 0.6 is 0 Å². The fourth-order valence-corrected chi connectivity index (χ4v) is 2.98. The van der Waals surface area contributed by atoms with Crippen LogP contribution < -0.4 is 15.1 Å². The lowest BCUT2D eigenvalue weighted by molar-refractivity contribution is -0.148. The van der Waals surface area contributed by atoms with E-state index in [1.54, 1.807) is 6.07 Å². The molecule has 1 saturated heterocycles. The van der Waals surface area contributed by atoms with Crippen LogP contribution in [0.25, 0.3) is 5.70 Å². The predicted octanol–water partition coefficient (Wildman–Crippen LogP) is 2.62. The van der Waals surface area contributed by atoms with Gasteiger partial charge in [0.2, 0.25) is 0 Å². The van der Waals surface area contributed by atoms with E-state index in [-0.39, 0.29) is 5.70 Å². The zero-order valence-electron chi connectivity index (χ0n) is 12.6. The first-order valence-corrected chi connectivity index (χ1v) is 7.28. The van der Waals surface area contributed by atoms with Crippen molar-refractivity contribution < 1.29 is 13.2 Å². The van der Waals surface area contributed by atoms with Gasteiger partial charge in [0.25, 0.3) is 0 Å². The monoisotopic (exact) mass is 312 g/mol. The highest BCUT2D eigenvalue weighted by atomic mass is 19.4. The largest absolute Gasteiger partial charge is 0.408 e.